The number of unbranched alkanes of at least 4 members (excludes halogenated alkanes) is 21. The Morgan fingerprint density at radius 2 is 1.03 bits per heavy atom. The summed E-state index contributed by atoms with van der Waals surface area (Å²) < 4.78 is 0. The standard InChI is InChI=1S/C32H63NO3/c1-3-5-7-9-11-13-15-16-18-19-21-23-25-27-31(35)30(29-34)33-32(36)28-26-24-22-20-17-14-12-10-8-6-4-2/h25,27,30-31,34-35H,3-24,26,28-29H2,1-2H3,(H,33,36)/b27-25+/t30-,31+/m1/s1. The van der Waals surface area contributed by atoms with E-state index in [1.807, 2.05) is 6.08 Å². The molecule has 0 bridgehead atoms. The molecule has 36 heavy (non-hydrogen) atoms. The Labute approximate surface area is 225 Å². The maximum atomic E-state index is 12.2. The van der Waals surface area contributed by atoms with Crippen molar-refractivity contribution in [1.82, 2.24) is 5.32 Å². The summed E-state index contributed by atoms with van der Waals surface area (Å²) in [7, 11) is 0. The van der Waals surface area contributed by atoms with Crippen LogP contribution in [0.25, 0.3) is 0 Å². The van der Waals surface area contributed by atoms with E-state index in [9.17, 15) is 15.0 Å². The lowest BCUT2D eigenvalue weighted by Crippen LogP contribution is -2.45. The highest BCUT2D eigenvalue weighted by Crippen LogP contribution is 2.13. The number of carbonyl (C=O) groups is 1. The summed E-state index contributed by atoms with van der Waals surface area (Å²) in [6.07, 6.45) is 32.8. The van der Waals surface area contributed by atoms with Gasteiger partial charge in [-0.25, -0.2) is 0 Å². The smallest absolute Gasteiger partial charge is 0.220 e. The molecule has 0 aliphatic heterocycles. The van der Waals surface area contributed by atoms with Crippen LogP contribution in [-0.4, -0.2) is 34.9 Å². The van der Waals surface area contributed by atoms with E-state index < -0.39 is 12.1 Å². The molecule has 0 aliphatic carbocycles. The van der Waals surface area contributed by atoms with Crippen molar-refractivity contribution in [3.05, 3.63) is 12.2 Å². The Balaban J connectivity index is 3.66. The summed E-state index contributed by atoms with van der Waals surface area (Å²) in [5.74, 6) is -0.0669. The minimum absolute atomic E-state index is 0.0669. The Kier molecular flexibility index (Phi) is 28.0. The molecule has 3 N–H and O–H groups in total. The third-order valence-electron chi connectivity index (χ3n) is 7.27. The SMILES string of the molecule is CCCCCCCCCCCCC/C=C/[C@H](O)[C@@H](CO)NC(=O)CCCCCCCCCCCCC. The molecule has 214 valence electrons. The van der Waals surface area contributed by atoms with Gasteiger partial charge in [0.05, 0.1) is 18.8 Å². The van der Waals surface area contributed by atoms with Crippen LogP contribution in [0.4, 0.5) is 0 Å². The van der Waals surface area contributed by atoms with Crippen molar-refractivity contribution in [2.24, 2.45) is 0 Å². The van der Waals surface area contributed by atoms with Gasteiger partial charge < -0.3 is 15.5 Å². The third kappa shape index (κ3) is 24.8. The molecule has 2 atom stereocenters. The second-order valence-electron chi connectivity index (χ2n) is 10.9. The number of allylic oxidation sites excluding steroid dienone is 1. The van der Waals surface area contributed by atoms with Crippen molar-refractivity contribution in [2.45, 2.75) is 180 Å². The van der Waals surface area contributed by atoms with Gasteiger partial charge >= 0.3 is 0 Å². The average molecular weight is 510 g/mol. The lowest BCUT2D eigenvalue weighted by Gasteiger charge is -2.20. The van der Waals surface area contributed by atoms with E-state index in [0.29, 0.717) is 6.42 Å². The molecular weight excluding hydrogens is 446 g/mol. The molecule has 0 unspecified atom stereocenters. The largest absolute Gasteiger partial charge is 0.394 e. The summed E-state index contributed by atoms with van der Waals surface area (Å²) in [6.45, 7) is 4.28. The summed E-state index contributed by atoms with van der Waals surface area (Å²) in [4.78, 5) is 12.2. The first-order chi connectivity index (χ1) is 17.7. The van der Waals surface area contributed by atoms with Crippen LogP contribution in [0, 0.1) is 0 Å². The molecule has 0 aromatic rings. The second-order valence-corrected chi connectivity index (χ2v) is 10.9. The molecule has 0 saturated heterocycles. The van der Waals surface area contributed by atoms with Gasteiger partial charge in [0.25, 0.3) is 0 Å². The predicted molar refractivity (Wildman–Crippen MR) is 156 cm³/mol. The van der Waals surface area contributed by atoms with Gasteiger partial charge in [-0.15, -0.1) is 0 Å². The number of rotatable bonds is 28. The first kappa shape index (κ1) is 35.1. The molecule has 0 spiro atoms. The molecular formula is C32H63NO3. The molecule has 0 aromatic carbocycles. The molecule has 4 heteroatoms. The van der Waals surface area contributed by atoms with Gasteiger partial charge in [0.2, 0.25) is 5.91 Å². The Bertz CT molecular complexity index is 480. The minimum atomic E-state index is -0.830. The molecule has 4 nitrogen and oxygen atoms in total. The van der Waals surface area contributed by atoms with Crippen molar-refractivity contribution in [1.29, 1.82) is 0 Å². The molecule has 0 heterocycles. The highest BCUT2D eigenvalue weighted by atomic mass is 16.3. The van der Waals surface area contributed by atoms with Crippen molar-refractivity contribution in [3.63, 3.8) is 0 Å². The van der Waals surface area contributed by atoms with Crippen LogP contribution in [0.3, 0.4) is 0 Å². The van der Waals surface area contributed by atoms with Crippen LogP contribution in [0.5, 0.6) is 0 Å². The van der Waals surface area contributed by atoms with E-state index in [0.717, 1.165) is 25.7 Å². The van der Waals surface area contributed by atoms with Crippen molar-refractivity contribution < 1.29 is 15.0 Å². The molecule has 0 saturated carbocycles. The maximum absolute atomic E-state index is 12.2. The average Bonchev–Trinajstić information content (AvgIpc) is 2.88. The monoisotopic (exact) mass is 509 g/mol. The molecule has 0 radical (unpaired) electrons. The second kappa shape index (κ2) is 28.7. The quantitative estimate of drug-likeness (QED) is 0.0729. The van der Waals surface area contributed by atoms with Crippen molar-refractivity contribution in [2.75, 3.05) is 6.61 Å². The summed E-state index contributed by atoms with van der Waals surface area (Å²) >= 11 is 0. The zero-order valence-corrected chi connectivity index (χ0v) is 24.3. The van der Waals surface area contributed by atoms with E-state index in [1.54, 1.807) is 6.08 Å². The van der Waals surface area contributed by atoms with Crippen LogP contribution in [0.1, 0.15) is 168 Å². The first-order valence-corrected chi connectivity index (χ1v) is 15.9. The highest BCUT2D eigenvalue weighted by Gasteiger charge is 2.17. The Hall–Kier alpha value is -0.870. The van der Waals surface area contributed by atoms with Gasteiger partial charge in [-0.05, 0) is 19.3 Å². The van der Waals surface area contributed by atoms with Crippen molar-refractivity contribution >= 4 is 5.91 Å². The lowest BCUT2D eigenvalue weighted by molar-refractivity contribution is -0.123. The van der Waals surface area contributed by atoms with Crippen LogP contribution in [0.15, 0.2) is 12.2 Å². The number of hydrogen-bond donors (Lipinski definition) is 3. The van der Waals surface area contributed by atoms with Crippen LogP contribution >= 0.6 is 0 Å². The third-order valence-corrected chi connectivity index (χ3v) is 7.27. The zero-order valence-electron chi connectivity index (χ0n) is 24.3. The Morgan fingerprint density at radius 3 is 1.44 bits per heavy atom. The Morgan fingerprint density at radius 1 is 0.639 bits per heavy atom. The van der Waals surface area contributed by atoms with Crippen LogP contribution < -0.4 is 5.32 Å². The van der Waals surface area contributed by atoms with Crippen molar-refractivity contribution in [3.8, 4) is 0 Å². The summed E-state index contributed by atoms with van der Waals surface area (Å²) in [5, 5.41) is 22.7. The zero-order chi connectivity index (χ0) is 26.5. The van der Waals surface area contributed by atoms with Crippen LogP contribution in [0.2, 0.25) is 0 Å². The topological polar surface area (TPSA) is 69.6 Å². The number of amides is 1. The molecule has 1 amide bonds. The summed E-state index contributed by atoms with van der Waals surface area (Å²) in [5.41, 5.74) is 0. The van der Waals surface area contributed by atoms with E-state index in [1.165, 1.54) is 122 Å². The summed E-state index contributed by atoms with van der Waals surface area (Å²) in [6, 6.07) is -0.612. The van der Waals surface area contributed by atoms with E-state index in [4.69, 9.17) is 0 Å². The van der Waals surface area contributed by atoms with Gasteiger partial charge in [0.15, 0.2) is 0 Å². The molecule has 0 aliphatic rings. The molecule has 0 rings (SSSR count). The number of carbonyl (C=O) groups excluding carboxylic acids is 1. The van der Waals surface area contributed by atoms with Crippen LogP contribution in [-0.2, 0) is 4.79 Å². The number of aliphatic hydroxyl groups excluding tert-OH is 2. The van der Waals surface area contributed by atoms with Gasteiger partial charge in [0.1, 0.15) is 0 Å². The molecule has 0 fully saturated rings. The van der Waals surface area contributed by atoms with E-state index in [2.05, 4.69) is 19.2 Å². The fourth-order valence-electron chi connectivity index (χ4n) is 4.76. The van der Waals surface area contributed by atoms with E-state index in [-0.39, 0.29) is 12.5 Å². The number of aliphatic hydroxyl groups is 2. The number of nitrogens with one attached hydrogen (secondary N) is 1. The normalized spacial score (nSPS) is 13.3. The highest BCUT2D eigenvalue weighted by molar-refractivity contribution is 5.76. The van der Waals surface area contributed by atoms with Gasteiger partial charge in [-0.3, -0.25) is 4.79 Å². The van der Waals surface area contributed by atoms with Gasteiger partial charge in [-0.1, -0.05) is 154 Å². The molecule has 0 aromatic heterocycles. The first-order valence-electron chi connectivity index (χ1n) is 15.9. The predicted octanol–water partition coefficient (Wildman–Crippen LogP) is 8.78. The lowest BCUT2D eigenvalue weighted by atomic mass is 10.0. The van der Waals surface area contributed by atoms with E-state index >= 15 is 0 Å². The van der Waals surface area contributed by atoms with Gasteiger partial charge in [0, 0.05) is 6.42 Å². The fourth-order valence-corrected chi connectivity index (χ4v) is 4.76. The fraction of sp³-hybridized carbons (Fsp3) is 0.906. The minimum Gasteiger partial charge on any atom is -0.394 e. The number of hydrogen-bond acceptors (Lipinski definition) is 3. The maximum Gasteiger partial charge on any atom is 0.220 e. The van der Waals surface area contributed by atoms with Gasteiger partial charge in [-0.2, -0.15) is 0 Å².